The Kier molecular flexibility index (Phi) is 6.86. The van der Waals surface area contributed by atoms with Crippen LogP contribution in [0.2, 0.25) is 0 Å². The normalized spacial score (nSPS) is 19.2. The molecular formula is C23H26F3N7O. The molecule has 2 aliphatic heterocycles. The standard InChI is InChI=1S/C23H26F3N7O/c1-15-3-2-10-33(15)22-29-18(16-6-11-32(12-7-16)21(34)4-8-27)14-20(31-22)30-19-13-17(5-9-28-19)23(24,25)26/h5,9,13-16H,2-4,6-7,10-12H2,1H3,(H,28,29,30,31). The number of anilines is 3. The Morgan fingerprint density at radius 3 is 2.59 bits per heavy atom. The van der Waals surface area contributed by atoms with Crippen molar-refractivity contribution < 1.29 is 18.0 Å². The highest BCUT2D eigenvalue weighted by atomic mass is 19.4. The molecule has 0 bridgehead atoms. The SMILES string of the molecule is CC1CCCN1c1nc(Nc2cc(C(F)(F)F)ccn2)cc(C2CCN(C(=O)CC#N)CC2)n1. The lowest BCUT2D eigenvalue weighted by atomic mass is 9.93. The van der Waals surface area contributed by atoms with E-state index in [1.807, 2.05) is 6.07 Å². The Morgan fingerprint density at radius 1 is 1.18 bits per heavy atom. The summed E-state index contributed by atoms with van der Waals surface area (Å²) in [5, 5.41) is 11.7. The van der Waals surface area contributed by atoms with Crippen molar-refractivity contribution in [1.82, 2.24) is 19.9 Å². The molecule has 8 nitrogen and oxygen atoms in total. The van der Waals surface area contributed by atoms with Crippen molar-refractivity contribution in [2.75, 3.05) is 29.9 Å². The van der Waals surface area contributed by atoms with E-state index in [0.717, 1.165) is 43.4 Å². The second-order valence-electron chi connectivity index (χ2n) is 8.71. The van der Waals surface area contributed by atoms with Crippen molar-refractivity contribution in [2.24, 2.45) is 0 Å². The van der Waals surface area contributed by atoms with Crippen LogP contribution >= 0.6 is 0 Å². The highest BCUT2D eigenvalue weighted by molar-refractivity contribution is 5.78. The quantitative estimate of drug-likeness (QED) is 0.694. The summed E-state index contributed by atoms with van der Waals surface area (Å²) in [7, 11) is 0. The summed E-state index contributed by atoms with van der Waals surface area (Å²) in [5.41, 5.74) is -0.00645. The number of piperidine rings is 1. The van der Waals surface area contributed by atoms with Gasteiger partial charge in [0.05, 0.1) is 17.3 Å². The lowest BCUT2D eigenvalue weighted by Gasteiger charge is -2.32. The molecule has 4 rings (SSSR count). The van der Waals surface area contributed by atoms with Crippen LogP contribution in [0.3, 0.4) is 0 Å². The Hall–Kier alpha value is -3.42. The Morgan fingerprint density at radius 2 is 1.94 bits per heavy atom. The number of alkyl halides is 3. The number of rotatable bonds is 5. The van der Waals surface area contributed by atoms with E-state index < -0.39 is 11.7 Å². The summed E-state index contributed by atoms with van der Waals surface area (Å²) in [4.78, 5) is 29.3. The lowest BCUT2D eigenvalue weighted by Crippen LogP contribution is -2.38. The summed E-state index contributed by atoms with van der Waals surface area (Å²) in [5.74, 6) is 0.875. The van der Waals surface area contributed by atoms with Crippen LogP contribution in [-0.2, 0) is 11.0 Å². The van der Waals surface area contributed by atoms with E-state index in [-0.39, 0.29) is 30.1 Å². The maximum absolute atomic E-state index is 13.1. The van der Waals surface area contributed by atoms with Crippen LogP contribution in [0.1, 0.15) is 56.2 Å². The molecule has 1 atom stereocenters. The van der Waals surface area contributed by atoms with Crippen molar-refractivity contribution in [2.45, 2.75) is 57.2 Å². The second kappa shape index (κ2) is 9.83. The van der Waals surface area contributed by atoms with Crippen molar-refractivity contribution in [1.29, 1.82) is 5.26 Å². The van der Waals surface area contributed by atoms with Crippen molar-refractivity contribution in [3.63, 3.8) is 0 Å². The predicted molar refractivity (Wildman–Crippen MR) is 119 cm³/mol. The summed E-state index contributed by atoms with van der Waals surface area (Å²) in [6.45, 7) is 3.97. The lowest BCUT2D eigenvalue weighted by molar-refractivity contribution is -0.137. The number of halogens is 3. The number of nitrogens with zero attached hydrogens (tertiary/aromatic N) is 6. The fourth-order valence-corrected chi connectivity index (χ4v) is 4.50. The van der Waals surface area contributed by atoms with Gasteiger partial charge in [-0.3, -0.25) is 4.79 Å². The maximum atomic E-state index is 13.1. The van der Waals surface area contributed by atoms with Gasteiger partial charge >= 0.3 is 6.18 Å². The van der Waals surface area contributed by atoms with Gasteiger partial charge in [-0.05, 0) is 44.7 Å². The number of nitrogens with one attached hydrogen (secondary N) is 1. The summed E-state index contributed by atoms with van der Waals surface area (Å²) in [6.07, 6.45) is -0.0763. The molecule has 1 N–H and O–H groups in total. The van der Waals surface area contributed by atoms with Crippen LogP contribution in [0.4, 0.5) is 30.8 Å². The van der Waals surface area contributed by atoms with Crippen LogP contribution in [-0.4, -0.2) is 51.4 Å². The number of aromatic nitrogens is 3. The van der Waals surface area contributed by atoms with Gasteiger partial charge in [0.2, 0.25) is 11.9 Å². The van der Waals surface area contributed by atoms with Gasteiger partial charge in [0.25, 0.3) is 0 Å². The molecule has 0 aliphatic carbocycles. The first kappa shape index (κ1) is 23.7. The molecule has 4 heterocycles. The minimum absolute atomic E-state index is 0.0526. The Labute approximate surface area is 195 Å². The maximum Gasteiger partial charge on any atom is 0.416 e. The van der Waals surface area contributed by atoms with Gasteiger partial charge < -0.3 is 15.1 Å². The molecule has 2 aromatic rings. The van der Waals surface area contributed by atoms with Crippen LogP contribution in [0.25, 0.3) is 0 Å². The number of carbonyl (C=O) groups is 1. The van der Waals surface area contributed by atoms with Gasteiger partial charge in [0, 0.05) is 43.9 Å². The molecule has 11 heteroatoms. The average molecular weight is 474 g/mol. The van der Waals surface area contributed by atoms with Crippen molar-refractivity contribution >= 4 is 23.5 Å². The highest BCUT2D eigenvalue weighted by Crippen LogP contribution is 2.33. The van der Waals surface area contributed by atoms with Crippen molar-refractivity contribution in [3.8, 4) is 6.07 Å². The monoisotopic (exact) mass is 473 g/mol. The fourth-order valence-electron chi connectivity index (χ4n) is 4.50. The number of pyridine rings is 1. The molecule has 1 amide bonds. The minimum atomic E-state index is -4.47. The van der Waals surface area contributed by atoms with E-state index >= 15 is 0 Å². The third-order valence-corrected chi connectivity index (χ3v) is 6.38. The molecule has 0 aromatic carbocycles. The average Bonchev–Trinajstić information content (AvgIpc) is 3.25. The number of hydrogen-bond acceptors (Lipinski definition) is 7. The Balaban J connectivity index is 1.60. The molecular weight excluding hydrogens is 447 g/mol. The number of amides is 1. The van der Waals surface area contributed by atoms with Crippen molar-refractivity contribution in [3.05, 3.63) is 35.7 Å². The number of carbonyl (C=O) groups excluding carboxylic acids is 1. The van der Waals surface area contributed by atoms with E-state index in [9.17, 15) is 18.0 Å². The zero-order valence-corrected chi connectivity index (χ0v) is 18.8. The van der Waals surface area contributed by atoms with E-state index in [1.165, 1.54) is 0 Å². The van der Waals surface area contributed by atoms with Gasteiger partial charge in [-0.1, -0.05) is 0 Å². The third kappa shape index (κ3) is 5.38. The first-order valence-corrected chi connectivity index (χ1v) is 11.3. The number of nitriles is 1. The summed E-state index contributed by atoms with van der Waals surface area (Å²) >= 11 is 0. The van der Waals surface area contributed by atoms with Gasteiger partial charge in [-0.2, -0.15) is 23.4 Å². The fraction of sp³-hybridized carbons (Fsp3) is 0.522. The molecule has 34 heavy (non-hydrogen) atoms. The van der Waals surface area contributed by atoms with E-state index in [0.29, 0.717) is 37.7 Å². The predicted octanol–water partition coefficient (Wildman–Crippen LogP) is 4.24. The first-order valence-electron chi connectivity index (χ1n) is 11.3. The molecule has 180 valence electrons. The molecule has 2 aliphatic rings. The number of likely N-dealkylation sites (tertiary alicyclic amines) is 1. The van der Waals surface area contributed by atoms with Crippen LogP contribution < -0.4 is 10.2 Å². The van der Waals surface area contributed by atoms with Crippen LogP contribution in [0, 0.1) is 11.3 Å². The Bertz CT molecular complexity index is 1080. The zero-order valence-electron chi connectivity index (χ0n) is 18.8. The highest BCUT2D eigenvalue weighted by Gasteiger charge is 2.31. The van der Waals surface area contributed by atoms with E-state index in [4.69, 9.17) is 10.2 Å². The summed E-state index contributed by atoms with van der Waals surface area (Å²) < 4.78 is 39.4. The molecule has 2 fully saturated rings. The minimum Gasteiger partial charge on any atom is -0.342 e. The largest absolute Gasteiger partial charge is 0.416 e. The van der Waals surface area contributed by atoms with Gasteiger partial charge in [0.1, 0.15) is 18.1 Å². The smallest absolute Gasteiger partial charge is 0.342 e. The van der Waals surface area contributed by atoms with Crippen LogP contribution in [0.5, 0.6) is 0 Å². The topological polar surface area (TPSA) is 98.0 Å². The summed E-state index contributed by atoms with van der Waals surface area (Å²) in [6, 6.07) is 5.79. The second-order valence-corrected chi connectivity index (χ2v) is 8.71. The van der Waals surface area contributed by atoms with Gasteiger partial charge in [-0.25, -0.2) is 9.97 Å². The third-order valence-electron chi connectivity index (χ3n) is 6.38. The molecule has 2 saturated heterocycles. The molecule has 1 unspecified atom stereocenters. The van der Waals surface area contributed by atoms with E-state index in [2.05, 4.69) is 27.1 Å². The molecule has 0 spiro atoms. The molecule has 0 saturated carbocycles. The molecule has 0 radical (unpaired) electrons. The van der Waals surface area contributed by atoms with Crippen LogP contribution in [0.15, 0.2) is 24.4 Å². The van der Waals surface area contributed by atoms with Gasteiger partial charge in [-0.15, -0.1) is 0 Å². The van der Waals surface area contributed by atoms with E-state index in [1.54, 1.807) is 11.0 Å². The first-order chi connectivity index (χ1) is 16.2. The number of hydrogen-bond donors (Lipinski definition) is 1. The van der Waals surface area contributed by atoms with Gasteiger partial charge in [0.15, 0.2) is 0 Å². The zero-order chi connectivity index (χ0) is 24.3. The molecule has 2 aromatic heterocycles.